The van der Waals surface area contributed by atoms with Crippen molar-refractivity contribution in [1.82, 2.24) is 4.90 Å². The highest BCUT2D eigenvalue weighted by Gasteiger charge is 2.07. The first kappa shape index (κ1) is 18.3. The molecule has 0 aliphatic rings. The Kier molecular flexibility index (Phi) is 6.47. The molecule has 2 aromatic carbocycles. The Hall–Kier alpha value is -1.08. The Bertz CT molecular complexity index is 731. The van der Waals surface area contributed by atoms with Crippen molar-refractivity contribution in [3.05, 3.63) is 49.5 Å². The molecule has 5 heteroatoms. The number of aliphatic imine (C=N–C) groups is 1. The lowest BCUT2D eigenvalue weighted by Crippen LogP contribution is -2.14. The molecule has 3 nitrogen and oxygen atoms in total. The summed E-state index contributed by atoms with van der Waals surface area (Å²) >= 11 is 5.79. The van der Waals surface area contributed by atoms with Crippen molar-refractivity contribution >= 4 is 50.5 Å². The third-order valence-electron chi connectivity index (χ3n) is 3.51. The van der Waals surface area contributed by atoms with Crippen LogP contribution in [0.5, 0.6) is 11.5 Å². The minimum atomic E-state index is 0.835. The zero-order valence-corrected chi connectivity index (χ0v) is 17.5. The molecule has 0 amide bonds. The van der Waals surface area contributed by atoms with Crippen molar-refractivity contribution in [2.24, 2.45) is 4.99 Å². The predicted octanol–water partition coefficient (Wildman–Crippen LogP) is 6.07. The molecule has 23 heavy (non-hydrogen) atoms. The molecular weight excluding hydrogens is 467 g/mol. The maximum Gasteiger partial charge on any atom is 0.130 e. The van der Waals surface area contributed by atoms with Crippen LogP contribution in [0.3, 0.4) is 0 Å². The maximum absolute atomic E-state index is 6.04. The van der Waals surface area contributed by atoms with Crippen molar-refractivity contribution in [2.45, 2.75) is 20.8 Å². The fourth-order valence-corrected chi connectivity index (χ4v) is 2.67. The summed E-state index contributed by atoms with van der Waals surface area (Å²) in [6.45, 7) is 7.13. The average molecular weight is 487 g/mol. The number of aryl methyl sites for hydroxylation is 2. The zero-order chi connectivity index (χ0) is 17.0. The molecule has 0 aromatic heterocycles. The number of halogens is 2. The largest absolute Gasteiger partial charge is 0.457 e. The minimum absolute atomic E-state index is 0.835. The first-order chi connectivity index (χ1) is 10.9. The van der Waals surface area contributed by atoms with Gasteiger partial charge in [-0.3, -0.25) is 0 Å². The van der Waals surface area contributed by atoms with E-state index >= 15 is 0 Å². The summed E-state index contributed by atoms with van der Waals surface area (Å²) in [4.78, 5) is 6.59. The summed E-state index contributed by atoms with van der Waals surface area (Å²) in [7, 11) is 2.01. The van der Waals surface area contributed by atoms with Gasteiger partial charge >= 0.3 is 0 Å². The van der Waals surface area contributed by atoms with E-state index in [0.29, 0.717) is 0 Å². The number of hydrogen-bond donors (Lipinski definition) is 0. The number of hydrogen-bond acceptors (Lipinski definition) is 2. The van der Waals surface area contributed by atoms with Crippen molar-refractivity contribution in [3.8, 4) is 11.5 Å². The van der Waals surface area contributed by atoms with E-state index in [2.05, 4.69) is 63.4 Å². The zero-order valence-electron chi connectivity index (χ0n) is 13.7. The second kappa shape index (κ2) is 8.15. The van der Waals surface area contributed by atoms with E-state index in [1.54, 1.807) is 0 Å². The molecule has 0 bridgehead atoms. The average Bonchev–Trinajstić information content (AvgIpc) is 2.52. The van der Waals surface area contributed by atoms with Gasteiger partial charge in [-0.05, 0) is 101 Å². The molecule has 2 rings (SSSR count). The molecular formula is C18H20BrIN2O. The topological polar surface area (TPSA) is 24.8 Å². The van der Waals surface area contributed by atoms with Crippen LogP contribution in [0.4, 0.5) is 5.69 Å². The molecule has 0 atom stereocenters. The fourth-order valence-electron chi connectivity index (χ4n) is 1.93. The molecule has 0 heterocycles. The molecule has 0 N–H and O–H groups in total. The number of nitrogens with zero attached hydrogens (tertiary/aromatic N) is 2. The molecule has 0 aliphatic heterocycles. The lowest BCUT2D eigenvalue weighted by atomic mass is 10.1. The van der Waals surface area contributed by atoms with Gasteiger partial charge in [0, 0.05) is 21.6 Å². The van der Waals surface area contributed by atoms with Gasteiger partial charge in [0.25, 0.3) is 0 Å². The fraction of sp³-hybridized carbons (Fsp3) is 0.278. The molecule has 0 radical (unpaired) electrons. The van der Waals surface area contributed by atoms with Gasteiger partial charge in [-0.25, -0.2) is 4.99 Å². The molecule has 122 valence electrons. The van der Waals surface area contributed by atoms with Gasteiger partial charge in [0.2, 0.25) is 0 Å². The van der Waals surface area contributed by atoms with Crippen LogP contribution in [-0.4, -0.2) is 24.8 Å². The van der Waals surface area contributed by atoms with Crippen molar-refractivity contribution in [1.29, 1.82) is 0 Å². The van der Waals surface area contributed by atoms with Crippen molar-refractivity contribution < 1.29 is 4.74 Å². The van der Waals surface area contributed by atoms with E-state index < -0.39 is 0 Å². The monoisotopic (exact) mass is 486 g/mol. The van der Waals surface area contributed by atoms with Gasteiger partial charge in [0.1, 0.15) is 11.5 Å². The van der Waals surface area contributed by atoms with E-state index in [4.69, 9.17) is 4.74 Å². The number of ether oxygens (including phenoxy) is 1. The van der Waals surface area contributed by atoms with E-state index in [0.717, 1.165) is 42.9 Å². The van der Waals surface area contributed by atoms with Crippen molar-refractivity contribution in [3.63, 3.8) is 0 Å². The Morgan fingerprint density at radius 3 is 2.61 bits per heavy atom. The molecule has 0 fully saturated rings. The van der Waals surface area contributed by atoms with Crippen molar-refractivity contribution in [2.75, 3.05) is 13.6 Å². The normalized spacial score (nSPS) is 11.0. The Morgan fingerprint density at radius 2 is 1.96 bits per heavy atom. The highest BCUT2D eigenvalue weighted by molar-refractivity contribution is 14.1. The molecule has 2 aromatic rings. The highest BCUT2D eigenvalue weighted by Crippen LogP contribution is 2.33. The van der Waals surface area contributed by atoms with Gasteiger partial charge in [0.15, 0.2) is 0 Å². The van der Waals surface area contributed by atoms with Crippen LogP contribution in [0, 0.1) is 17.4 Å². The second-order valence-electron chi connectivity index (χ2n) is 5.40. The third kappa shape index (κ3) is 4.94. The summed E-state index contributed by atoms with van der Waals surface area (Å²) in [5.41, 5.74) is 3.14. The maximum atomic E-state index is 6.04. The first-order valence-corrected chi connectivity index (χ1v) is 9.26. The van der Waals surface area contributed by atoms with Gasteiger partial charge in [-0.1, -0.05) is 0 Å². The summed E-state index contributed by atoms with van der Waals surface area (Å²) < 4.78 is 8.24. The number of benzene rings is 2. The summed E-state index contributed by atoms with van der Waals surface area (Å²) in [5, 5.41) is 0. The van der Waals surface area contributed by atoms with Gasteiger partial charge in [-0.2, -0.15) is 0 Å². The quantitative estimate of drug-likeness (QED) is 0.291. The van der Waals surface area contributed by atoms with Crippen LogP contribution in [0.2, 0.25) is 0 Å². The Labute approximate surface area is 160 Å². The van der Waals surface area contributed by atoms with E-state index in [9.17, 15) is 0 Å². The lowest BCUT2D eigenvalue weighted by Gasteiger charge is -2.13. The minimum Gasteiger partial charge on any atom is -0.457 e. The third-order valence-corrected chi connectivity index (χ3v) is 5.83. The molecule has 0 aliphatic carbocycles. The Balaban J connectivity index is 2.25. The molecule has 0 saturated heterocycles. The Morgan fingerprint density at radius 1 is 1.22 bits per heavy atom. The summed E-state index contributed by atoms with van der Waals surface area (Å²) in [6.07, 6.45) is 1.86. The van der Waals surface area contributed by atoms with E-state index in [-0.39, 0.29) is 0 Å². The standard InChI is InChI=1S/C18H20BrIN2O/c1-5-22(4)11-21-17-8-13(3)18(9-12(17)2)23-14-6-7-15(19)16(20)10-14/h6-11H,5H2,1-4H3/b21-11+. The van der Waals surface area contributed by atoms with E-state index in [1.165, 1.54) is 0 Å². The SMILES string of the molecule is CCN(C)/C=N/c1cc(C)c(Oc2ccc(Br)c(I)c2)cc1C. The lowest BCUT2D eigenvalue weighted by molar-refractivity contribution is 0.478. The highest BCUT2D eigenvalue weighted by atomic mass is 127. The summed E-state index contributed by atoms with van der Waals surface area (Å²) in [5.74, 6) is 1.70. The second-order valence-corrected chi connectivity index (χ2v) is 7.42. The van der Waals surface area contributed by atoms with Crippen LogP contribution in [0.25, 0.3) is 0 Å². The predicted molar refractivity (Wildman–Crippen MR) is 109 cm³/mol. The van der Waals surface area contributed by atoms with Gasteiger partial charge < -0.3 is 9.64 Å². The van der Waals surface area contributed by atoms with E-state index in [1.807, 2.05) is 49.5 Å². The van der Waals surface area contributed by atoms with Crippen LogP contribution >= 0.6 is 38.5 Å². The molecule has 0 saturated carbocycles. The van der Waals surface area contributed by atoms with Gasteiger partial charge in [-0.15, -0.1) is 0 Å². The summed E-state index contributed by atoms with van der Waals surface area (Å²) in [6, 6.07) is 10.1. The van der Waals surface area contributed by atoms with Gasteiger partial charge in [0.05, 0.1) is 12.0 Å². The smallest absolute Gasteiger partial charge is 0.130 e. The van der Waals surface area contributed by atoms with Crippen LogP contribution in [0.1, 0.15) is 18.1 Å². The number of rotatable bonds is 5. The molecule has 0 unspecified atom stereocenters. The van der Waals surface area contributed by atoms with Crippen LogP contribution < -0.4 is 4.74 Å². The van der Waals surface area contributed by atoms with Crippen LogP contribution in [-0.2, 0) is 0 Å². The molecule has 0 spiro atoms. The van der Waals surface area contributed by atoms with Crippen LogP contribution in [0.15, 0.2) is 39.8 Å². The first-order valence-electron chi connectivity index (χ1n) is 7.39.